The first-order valence-corrected chi connectivity index (χ1v) is 4.98. The minimum absolute atomic E-state index is 0.236. The number of nitrogens with two attached hydrogens (primary N) is 1. The number of aliphatic imine (C=N–C) groups is 2. The molecule has 78 valence electrons. The third-order valence-corrected chi connectivity index (χ3v) is 2.74. The molecule has 0 aromatic heterocycles. The average molecular weight is 194 g/mol. The van der Waals surface area contributed by atoms with Gasteiger partial charge in [-0.1, -0.05) is 6.42 Å². The Morgan fingerprint density at radius 3 is 2.79 bits per heavy atom. The van der Waals surface area contributed by atoms with E-state index in [0.717, 1.165) is 31.4 Å². The van der Waals surface area contributed by atoms with Gasteiger partial charge in [0.15, 0.2) is 0 Å². The topological polar surface area (TPSA) is 74.6 Å². The molecule has 1 fully saturated rings. The summed E-state index contributed by atoms with van der Waals surface area (Å²) >= 11 is 0. The molecule has 4 heteroatoms. The molecule has 0 aromatic carbocycles. The molecule has 0 unspecified atom stereocenters. The summed E-state index contributed by atoms with van der Waals surface area (Å²) in [5.41, 5.74) is 6.25. The summed E-state index contributed by atoms with van der Waals surface area (Å²) in [6.07, 6.45) is 4.23. The standard InChI is InChI=1S/C10H18N4/c1-7(11)8-4-3-5-9(6-8)14-10(12)13-2/h8-9,11H,2-6H2,1H3,(H2,12,14)/t8-,9+/m0/s1. The van der Waals surface area contributed by atoms with E-state index in [1.807, 2.05) is 6.92 Å². The van der Waals surface area contributed by atoms with Crippen molar-refractivity contribution in [1.29, 1.82) is 5.41 Å². The van der Waals surface area contributed by atoms with Gasteiger partial charge in [-0.25, -0.2) is 9.98 Å². The van der Waals surface area contributed by atoms with E-state index in [1.165, 1.54) is 0 Å². The molecule has 0 bridgehead atoms. The summed E-state index contributed by atoms with van der Waals surface area (Å²) in [5, 5.41) is 7.59. The first kappa shape index (κ1) is 10.9. The van der Waals surface area contributed by atoms with Gasteiger partial charge in [-0.15, -0.1) is 0 Å². The van der Waals surface area contributed by atoms with Crippen molar-refractivity contribution >= 4 is 18.4 Å². The van der Waals surface area contributed by atoms with Crippen molar-refractivity contribution < 1.29 is 0 Å². The molecular weight excluding hydrogens is 176 g/mol. The first-order valence-electron chi connectivity index (χ1n) is 4.98. The summed E-state index contributed by atoms with van der Waals surface area (Å²) in [6.45, 7) is 5.20. The number of nitrogens with one attached hydrogen (secondary N) is 1. The predicted molar refractivity (Wildman–Crippen MR) is 60.3 cm³/mol. The van der Waals surface area contributed by atoms with Crippen LogP contribution in [0.5, 0.6) is 0 Å². The number of hydrogen-bond acceptors (Lipinski definition) is 2. The Labute approximate surface area is 84.8 Å². The molecule has 1 saturated carbocycles. The monoisotopic (exact) mass is 194 g/mol. The maximum Gasteiger partial charge on any atom is 0.214 e. The van der Waals surface area contributed by atoms with E-state index in [0.29, 0.717) is 5.92 Å². The van der Waals surface area contributed by atoms with Gasteiger partial charge in [0.05, 0.1) is 6.04 Å². The van der Waals surface area contributed by atoms with Gasteiger partial charge < -0.3 is 11.1 Å². The minimum Gasteiger partial charge on any atom is -0.368 e. The van der Waals surface area contributed by atoms with E-state index in [1.54, 1.807) is 0 Å². The highest BCUT2D eigenvalue weighted by molar-refractivity contribution is 5.83. The predicted octanol–water partition coefficient (Wildman–Crippen LogP) is 1.60. The maximum atomic E-state index is 7.59. The van der Waals surface area contributed by atoms with Crippen LogP contribution < -0.4 is 5.73 Å². The van der Waals surface area contributed by atoms with Gasteiger partial charge in [0.1, 0.15) is 0 Å². The minimum atomic E-state index is 0.236. The van der Waals surface area contributed by atoms with Gasteiger partial charge in [-0.2, -0.15) is 0 Å². The molecule has 2 atom stereocenters. The van der Waals surface area contributed by atoms with Gasteiger partial charge in [0.2, 0.25) is 5.96 Å². The summed E-state index contributed by atoms with van der Waals surface area (Å²) in [4.78, 5) is 7.83. The van der Waals surface area contributed by atoms with E-state index >= 15 is 0 Å². The summed E-state index contributed by atoms with van der Waals surface area (Å²) in [6, 6.07) is 0.236. The zero-order chi connectivity index (χ0) is 10.6. The molecule has 1 aliphatic carbocycles. The van der Waals surface area contributed by atoms with Crippen LogP contribution in [-0.2, 0) is 0 Å². The second kappa shape index (κ2) is 4.88. The summed E-state index contributed by atoms with van der Waals surface area (Å²) < 4.78 is 0. The van der Waals surface area contributed by atoms with Crippen LogP contribution in [0.1, 0.15) is 32.6 Å². The number of guanidine groups is 1. The molecule has 0 aromatic rings. The lowest BCUT2D eigenvalue weighted by Crippen LogP contribution is -2.25. The van der Waals surface area contributed by atoms with Crippen molar-refractivity contribution in [3.05, 3.63) is 0 Å². The second-order valence-corrected chi connectivity index (χ2v) is 3.85. The van der Waals surface area contributed by atoms with Crippen molar-refractivity contribution in [2.45, 2.75) is 38.6 Å². The summed E-state index contributed by atoms with van der Waals surface area (Å²) in [7, 11) is 0. The smallest absolute Gasteiger partial charge is 0.214 e. The van der Waals surface area contributed by atoms with Crippen molar-refractivity contribution in [1.82, 2.24) is 0 Å². The van der Waals surface area contributed by atoms with Crippen LogP contribution in [0.4, 0.5) is 0 Å². The Kier molecular flexibility index (Phi) is 3.80. The lowest BCUT2D eigenvalue weighted by atomic mass is 9.83. The second-order valence-electron chi connectivity index (χ2n) is 3.85. The van der Waals surface area contributed by atoms with Crippen LogP contribution in [0.2, 0.25) is 0 Å². The van der Waals surface area contributed by atoms with Crippen LogP contribution >= 0.6 is 0 Å². The Bertz CT molecular complexity index is 257. The third kappa shape index (κ3) is 2.94. The highest BCUT2D eigenvalue weighted by Gasteiger charge is 2.22. The molecule has 0 radical (unpaired) electrons. The van der Waals surface area contributed by atoms with Crippen molar-refractivity contribution in [2.24, 2.45) is 21.6 Å². The van der Waals surface area contributed by atoms with Crippen LogP contribution in [0, 0.1) is 11.3 Å². The molecule has 4 nitrogen and oxygen atoms in total. The van der Waals surface area contributed by atoms with E-state index < -0.39 is 0 Å². The lowest BCUT2D eigenvalue weighted by molar-refractivity contribution is 0.388. The van der Waals surface area contributed by atoms with Crippen molar-refractivity contribution in [3.63, 3.8) is 0 Å². The molecule has 0 saturated heterocycles. The lowest BCUT2D eigenvalue weighted by Gasteiger charge is -2.26. The fraction of sp³-hybridized carbons (Fsp3) is 0.700. The zero-order valence-electron chi connectivity index (χ0n) is 8.66. The first-order chi connectivity index (χ1) is 6.63. The number of nitrogens with zero attached hydrogens (tertiary/aromatic N) is 2. The highest BCUT2D eigenvalue weighted by atomic mass is 15.0. The van der Waals surface area contributed by atoms with Gasteiger partial charge in [0.25, 0.3) is 0 Å². The Morgan fingerprint density at radius 1 is 1.50 bits per heavy atom. The van der Waals surface area contributed by atoms with E-state index in [2.05, 4.69) is 16.7 Å². The van der Waals surface area contributed by atoms with E-state index in [-0.39, 0.29) is 12.0 Å². The molecule has 1 aliphatic rings. The number of rotatable bonds is 2. The van der Waals surface area contributed by atoms with Gasteiger partial charge in [0, 0.05) is 5.71 Å². The van der Waals surface area contributed by atoms with E-state index in [4.69, 9.17) is 11.1 Å². The summed E-state index contributed by atoms with van der Waals surface area (Å²) in [5.74, 6) is 0.661. The average Bonchev–Trinajstić information content (AvgIpc) is 2.18. The van der Waals surface area contributed by atoms with Crippen LogP contribution in [-0.4, -0.2) is 24.4 Å². The Morgan fingerprint density at radius 2 is 2.21 bits per heavy atom. The van der Waals surface area contributed by atoms with Crippen molar-refractivity contribution in [2.75, 3.05) is 0 Å². The van der Waals surface area contributed by atoms with Gasteiger partial charge in [-0.3, -0.25) is 0 Å². The van der Waals surface area contributed by atoms with Gasteiger partial charge >= 0.3 is 0 Å². The van der Waals surface area contributed by atoms with Gasteiger partial charge in [-0.05, 0) is 38.8 Å². The quantitative estimate of drug-likeness (QED) is 0.508. The molecule has 1 rings (SSSR count). The largest absolute Gasteiger partial charge is 0.368 e. The third-order valence-electron chi connectivity index (χ3n) is 2.74. The molecular formula is C10H18N4. The SMILES string of the molecule is C=NC(N)=N[C@@H]1CCC[C@H](C(C)=N)C1. The van der Waals surface area contributed by atoms with Crippen LogP contribution in [0.15, 0.2) is 9.98 Å². The maximum absolute atomic E-state index is 7.59. The molecule has 0 heterocycles. The fourth-order valence-corrected chi connectivity index (χ4v) is 1.90. The fourth-order valence-electron chi connectivity index (χ4n) is 1.90. The number of hydrogen-bond donors (Lipinski definition) is 2. The zero-order valence-corrected chi connectivity index (χ0v) is 8.66. The van der Waals surface area contributed by atoms with Crippen LogP contribution in [0.25, 0.3) is 0 Å². The normalized spacial score (nSPS) is 28.5. The molecule has 14 heavy (non-hydrogen) atoms. The molecule has 0 amide bonds. The molecule has 0 aliphatic heterocycles. The molecule has 3 N–H and O–H groups in total. The Hall–Kier alpha value is -1.19. The highest BCUT2D eigenvalue weighted by Crippen LogP contribution is 2.27. The molecule has 0 spiro atoms. The van der Waals surface area contributed by atoms with Crippen molar-refractivity contribution in [3.8, 4) is 0 Å². The Balaban J connectivity index is 2.56. The van der Waals surface area contributed by atoms with Crippen LogP contribution in [0.3, 0.4) is 0 Å². The van der Waals surface area contributed by atoms with E-state index in [9.17, 15) is 0 Å².